The molecule has 0 saturated carbocycles. The van der Waals surface area contributed by atoms with Gasteiger partial charge in [-0.25, -0.2) is 4.79 Å². The summed E-state index contributed by atoms with van der Waals surface area (Å²) in [5.41, 5.74) is 1.07. The van der Waals surface area contributed by atoms with Crippen molar-refractivity contribution in [2.75, 3.05) is 13.7 Å². The first-order valence-corrected chi connectivity index (χ1v) is 5.55. The topological polar surface area (TPSA) is 29.5 Å². The fraction of sp³-hybridized carbons (Fsp3) is 0.462. The molecule has 0 N–H and O–H groups in total. The maximum atomic E-state index is 11.1. The van der Waals surface area contributed by atoms with Crippen LogP contribution in [0.1, 0.15) is 20.8 Å². The summed E-state index contributed by atoms with van der Waals surface area (Å²) >= 11 is 0. The summed E-state index contributed by atoms with van der Waals surface area (Å²) in [6.07, 6.45) is 7.22. The number of ether oxygens (including phenoxy) is 1. The maximum Gasteiger partial charge on any atom is 0.410 e. The quantitative estimate of drug-likeness (QED) is 0.688. The molecule has 1 aliphatic heterocycles. The second-order valence-electron chi connectivity index (χ2n) is 3.09. The molecule has 16 heavy (non-hydrogen) atoms. The minimum absolute atomic E-state index is 0.0312. The zero-order chi connectivity index (χ0) is 12.6. The van der Waals surface area contributed by atoms with Gasteiger partial charge >= 0.3 is 6.09 Å². The highest BCUT2D eigenvalue weighted by atomic mass is 16.6. The van der Waals surface area contributed by atoms with Crippen molar-refractivity contribution in [1.29, 1.82) is 0 Å². The van der Waals surface area contributed by atoms with E-state index in [2.05, 4.69) is 6.58 Å². The van der Waals surface area contributed by atoms with Crippen molar-refractivity contribution < 1.29 is 9.53 Å². The number of allylic oxidation sites excluding steroid dienone is 3. The lowest BCUT2D eigenvalue weighted by atomic mass is 10.1. The Kier molecular flexibility index (Phi) is 7.01. The van der Waals surface area contributed by atoms with Crippen LogP contribution in [-0.4, -0.2) is 30.7 Å². The SMILES string of the molecule is C=C/C=C\C(=C/C)C1COC(=O)N1C.CC. The molecule has 1 amide bonds. The minimum Gasteiger partial charge on any atom is -0.447 e. The molecule has 3 heteroatoms. The predicted octanol–water partition coefficient (Wildman–Crippen LogP) is 3.15. The molecule has 1 fully saturated rings. The highest BCUT2D eigenvalue weighted by molar-refractivity contribution is 5.70. The van der Waals surface area contributed by atoms with E-state index < -0.39 is 0 Å². The summed E-state index contributed by atoms with van der Waals surface area (Å²) in [5.74, 6) is 0. The summed E-state index contributed by atoms with van der Waals surface area (Å²) < 4.78 is 4.93. The molecule has 3 nitrogen and oxygen atoms in total. The van der Waals surface area contributed by atoms with E-state index >= 15 is 0 Å². The van der Waals surface area contributed by atoms with E-state index in [1.165, 1.54) is 0 Å². The van der Waals surface area contributed by atoms with Crippen molar-refractivity contribution in [1.82, 2.24) is 4.90 Å². The standard InChI is InChI=1S/C11H15NO2.C2H6/c1-4-6-7-9(5-2)10-8-14-11(13)12(10)3;1-2/h4-7,10H,1,8H2,2-3H3;1-2H3/b7-6-,9-5+;. The monoisotopic (exact) mass is 223 g/mol. The predicted molar refractivity (Wildman–Crippen MR) is 67.3 cm³/mol. The van der Waals surface area contributed by atoms with E-state index in [9.17, 15) is 4.79 Å². The second kappa shape index (κ2) is 7.74. The Bertz CT molecular complexity index is 292. The Hall–Kier alpha value is -1.51. The third kappa shape index (κ3) is 3.57. The Balaban J connectivity index is 0.00000106. The van der Waals surface area contributed by atoms with Gasteiger partial charge in [0.05, 0.1) is 6.04 Å². The van der Waals surface area contributed by atoms with Crippen LogP contribution in [0.2, 0.25) is 0 Å². The van der Waals surface area contributed by atoms with Crippen LogP contribution in [0.4, 0.5) is 4.79 Å². The number of amides is 1. The lowest BCUT2D eigenvalue weighted by Gasteiger charge is -2.16. The molecular formula is C13H21NO2. The maximum absolute atomic E-state index is 11.1. The fourth-order valence-corrected chi connectivity index (χ4v) is 1.39. The van der Waals surface area contributed by atoms with E-state index in [4.69, 9.17) is 4.74 Å². The summed E-state index contributed by atoms with van der Waals surface area (Å²) in [6, 6.07) is 0.0312. The van der Waals surface area contributed by atoms with Crippen molar-refractivity contribution in [3.05, 3.63) is 36.5 Å². The largest absolute Gasteiger partial charge is 0.447 e. The van der Waals surface area contributed by atoms with E-state index in [1.54, 1.807) is 18.0 Å². The molecule has 90 valence electrons. The first kappa shape index (κ1) is 14.5. The van der Waals surface area contributed by atoms with Crippen molar-refractivity contribution in [2.45, 2.75) is 26.8 Å². The van der Waals surface area contributed by atoms with Crippen LogP contribution in [0.25, 0.3) is 0 Å². The van der Waals surface area contributed by atoms with Crippen molar-refractivity contribution >= 4 is 6.09 Å². The highest BCUT2D eigenvalue weighted by Crippen LogP contribution is 2.18. The zero-order valence-corrected chi connectivity index (χ0v) is 10.6. The summed E-state index contributed by atoms with van der Waals surface area (Å²) in [6.45, 7) is 9.97. The van der Waals surface area contributed by atoms with Crippen LogP contribution >= 0.6 is 0 Å². The van der Waals surface area contributed by atoms with E-state index in [0.717, 1.165) is 5.57 Å². The van der Waals surface area contributed by atoms with Gasteiger partial charge in [0.15, 0.2) is 0 Å². The van der Waals surface area contributed by atoms with Crippen LogP contribution in [0.15, 0.2) is 36.5 Å². The number of nitrogens with zero attached hydrogens (tertiary/aromatic N) is 1. The van der Waals surface area contributed by atoms with Crippen LogP contribution in [0, 0.1) is 0 Å². The molecule has 0 aromatic rings. The molecule has 1 heterocycles. The number of likely N-dealkylation sites (N-methyl/N-ethyl adjacent to an activating group) is 1. The van der Waals surface area contributed by atoms with Gasteiger partial charge < -0.3 is 9.64 Å². The second-order valence-corrected chi connectivity index (χ2v) is 3.09. The number of cyclic esters (lactones) is 1. The number of hydrogen-bond donors (Lipinski definition) is 0. The van der Waals surface area contributed by atoms with Gasteiger partial charge in [0.1, 0.15) is 6.61 Å². The van der Waals surface area contributed by atoms with Crippen molar-refractivity contribution in [2.24, 2.45) is 0 Å². The molecule has 1 rings (SSSR count). The van der Waals surface area contributed by atoms with Gasteiger partial charge in [0.2, 0.25) is 0 Å². The van der Waals surface area contributed by atoms with E-state index in [0.29, 0.717) is 6.61 Å². The van der Waals surface area contributed by atoms with Gasteiger partial charge in [-0.1, -0.05) is 44.7 Å². The lowest BCUT2D eigenvalue weighted by Crippen LogP contribution is -2.30. The van der Waals surface area contributed by atoms with Gasteiger partial charge in [-0.3, -0.25) is 0 Å². The third-order valence-electron chi connectivity index (χ3n) is 2.26. The van der Waals surface area contributed by atoms with Gasteiger partial charge in [-0.05, 0) is 12.5 Å². The number of rotatable bonds is 3. The number of hydrogen-bond acceptors (Lipinski definition) is 2. The molecule has 0 aromatic carbocycles. The van der Waals surface area contributed by atoms with Gasteiger partial charge in [0.25, 0.3) is 0 Å². The number of carbonyl (C=O) groups excluding carboxylic acids is 1. The Morgan fingerprint density at radius 1 is 1.56 bits per heavy atom. The highest BCUT2D eigenvalue weighted by Gasteiger charge is 2.30. The molecule has 1 saturated heterocycles. The molecular weight excluding hydrogens is 202 g/mol. The minimum atomic E-state index is -0.263. The molecule has 0 aliphatic carbocycles. The van der Waals surface area contributed by atoms with E-state index in [-0.39, 0.29) is 12.1 Å². The van der Waals surface area contributed by atoms with Gasteiger partial charge in [-0.2, -0.15) is 0 Å². The Morgan fingerprint density at radius 3 is 2.56 bits per heavy atom. The van der Waals surface area contributed by atoms with Crippen LogP contribution < -0.4 is 0 Å². The molecule has 0 spiro atoms. The first-order chi connectivity index (χ1) is 7.70. The average molecular weight is 223 g/mol. The van der Waals surface area contributed by atoms with E-state index in [1.807, 2.05) is 39.0 Å². The summed E-state index contributed by atoms with van der Waals surface area (Å²) in [4.78, 5) is 12.7. The van der Waals surface area contributed by atoms with Crippen molar-refractivity contribution in [3.63, 3.8) is 0 Å². The summed E-state index contributed by atoms with van der Waals surface area (Å²) in [7, 11) is 1.74. The average Bonchev–Trinajstić information content (AvgIpc) is 2.65. The van der Waals surface area contributed by atoms with Gasteiger partial charge in [0, 0.05) is 7.05 Å². The lowest BCUT2D eigenvalue weighted by molar-refractivity contribution is 0.163. The van der Waals surface area contributed by atoms with Crippen LogP contribution in [0.5, 0.6) is 0 Å². The van der Waals surface area contributed by atoms with Crippen LogP contribution in [0.3, 0.4) is 0 Å². The fourth-order valence-electron chi connectivity index (χ4n) is 1.39. The van der Waals surface area contributed by atoms with Crippen molar-refractivity contribution in [3.8, 4) is 0 Å². The Labute approximate surface area is 98.1 Å². The molecule has 0 radical (unpaired) electrons. The molecule has 1 atom stereocenters. The Morgan fingerprint density at radius 2 is 2.19 bits per heavy atom. The number of carbonyl (C=O) groups is 1. The molecule has 1 aliphatic rings. The summed E-state index contributed by atoms with van der Waals surface area (Å²) in [5, 5.41) is 0. The normalized spacial score (nSPS) is 20.5. The third-order valence-corrected chi connectivity index (χ3v) is 2.26. The smallest absolute Gasteiger partial charge is 0.410 e. The van der Waals surface area contributed by atoms with Gasteiger partial charge in [-0.15, -0.1) is 0 Å². The molecule has 0 aromatic heterocycles. The molecule has 1 unspecified atom stereocenters. The van der Waals surface area contributed by atoms with Crippen LogP contribution in [-0.2, 0) is 4.74 Å². The first-order valence-electron chi connectivity index (χ1n) is 5.55. The molecule has 0 bridgehead atoms. The zero-order valence-electron chi connectivity index (χ0n) is 10.6.